The van der Waals surface area contributed by atoms with Gasteiger partial charge in [0.05, 0.1) is 4.75 Å². The summed E-state index contributed by atoms with van der Waals surface area (Å²) in [6.45, 7) is 11.0. The second-order valence-electron chi connectivity index (χ2n) is 7.55. The van der Waals surface area contributed by atoms with Crippen LogP contribution in [0, 0.1) is 5.92 Å². The number of nitrogens with one attached hydrogen (secondary N) is 1. The van der Waals surface area contributed by atoms with E-state index in [0.717, 1.165) is 45.1 Å². The fourth-order valence-corrected chi connectivity index (χ4v) is 5.26. The standard InChI is InChI=1S/C18H36N4O3S/c1-5-21(6-2)13-16-7-10-22(14-16)17(19-3)20-15-18(26(4,23)24)8-11-25-12-9-18/h16H,5-15H2,1-4H3,(H,19,20). The number of aliphatic imine (C=N–C) groups is 1. The Kier molecular flexibility index (Phi) is 7.73. The minimum absolute atomic E-state index is 0.402. The third-order valence-corrected chi connectivity index (χ3v) is 8.09. The molecule has 0 spiro atoms. The van der Waals surface area contributed by atoms with Crippen molar-refractivity contribution in [2.24, 2.45) is 10.9 Å². The molecule has 2 saturated heterocycles. The fraction of sp³-hybridized carbons (Fsp3) is 0.944. The maximum atomic E-state index is 12.4. The van der Waals surface area contributed by atoms with Gasteiger partial charge in [-0.05, 0) is 38.3 Å². The first-order valence-corrected chi connectivity index (χ1v) is 11.7. The number of guanidine groups is 1. The summed E-state index contributed by atoms with van der Waals surface area (Å²) in [6.07, 6.45) is 3.59. The van der Waals surface area contributed by atoms with E-state index >= 15 is 0 Å². The molecule has 1 atom stereocenters. The van der Waals surface area contributed by atoms with Gasteiger partial charge in [0.1, 0.15) is 0 Å². The summed E-state index contributed by atoms with van der Waals surface area (Å²) in [7, 11) is -1.40. The molecule has 0 aliphatic carbocycles. The molecule has 152 valence electrons. The lowest BCUT2D eigenvalue weighted by Gasteiger charge is -2.36. The van der Waals surface area contributed by atoms with Gasteiger partial charge in [0.2, 0.25) is 0 Å². The summed E-state index contributed by atoms with van der Waals surface area (Å²) in [5.41, 5.74) is 0. The maximum Gasteiger partial charge on any atom is 0.193 e. The highest BCUT2D eigenvalue weighted by atomic mass is 32.2. The van der Waals surface area contributed by atoms with E-state index in [1.54, 1.807) is 7.05 Å². The molecule has 0 aromatic rings. The lowest BCUT2D eigenvalue weighted by atomic mass is 9.99. The first kappa shape index (κ1) is 21.4. The first-order valence-electron chi connectivity index (χ1n) is 9.80. The summed E-state index contributed by atoms with van der Waals surface area (Å²) in [5.74, 6) is 1.46. The van der Waals surface area contributed by atoms with Crippen molar-refractivity contribution in [3.8, 4) is 0 Å². The molecule has 1 unspecified atom stereocenters. The largest absolute Gasteiger partial charge is 0.381 e. The van der Waals surface area contributed by atoms with Crippen LogP contribution in [0.3, 0.4) is 0 Å². The lowest BCUT2D eigenvalue weighted by Crippen LogP contribution is -2.54. The van der Waals surface area contributed by atoms with Crippen molar-refractivity contribution >= 4 is 15.8 Å². The Morgan fingerprint density at radius 3 is 2.50 bits per heavy atom. The molecule has 0 amide bonds. The molecule has 26 heavy (non-hydrogen) atoms. The summed E-state index contributed by atoms with van der Waals surface area (Å²) >= 11 is 0. The number of nitrogens with zero attached hydrogens (tertiary/aromatic N) is 3. The van der Waals surface area contributed by atoms with Gasteiger partial charge >= 0.3 is 0 Å². The number of ether oxygens (including phenoxy) is 1. The van der Waals surface area contributed by atoms with Crippen LogP contribution in [0.15, 0.2) is 4.99 Å². The van der Waals surface area contributed by atoms with Gasteiger partial charge in [-0.2, -0.15) is 0 Å². The number of rotatable bonds is 7. The van der Waals surface area contributed by atoms with E-state index in [1.165, 1.54) is 6.26 Å². The number of hydrogen-bond acceptors (Lipinski definition) is 5. The number of hydrogen-bond donors (Lipinski definition) is 1. The SMILES string of the molecule is CCN(CC)CC1CCN(C(=NC)NCC2(S(C)(=O)=O)CCOCC2)C1. The Morgan fingerprint density at radius 2 is 1.96 bits per heavy atom. The molecule has 7 nitrogen and oxygen atoms in total. The van der Waals surface area contributed by atoms with Crippen LogP contribution in [0.1, 0.15) is 33.1 Å². The fourth-order valence-electron chi connectivity index (χ4n) is 4.02. The van der Waals surface area contributed by atoms with Crippen LogP contribution < -0.4 is 5.32 Å². The second-order valence-corrected chi connectivity index (χ2v) is 9.97. The molecule has 8 heteroatoms. The van der Waals surface area contributed by atoms with Gasteiger partial charge in [0.25, 0.3) is 0 Å². The van der Waals surface area contributed by atoms with Gasteiger partial charge < -0.3 is 19.9 Å². The molecule has 2 fully saturated rings. The van der Waals surface area contributed by atoms with Crippen LogP contribution in [0.4, 0.5) is 0 Å². The molecular formula is C18H36N4O3S. The molecule has 2 aliphatic heterocycles. The normalized spacial score (nSPS) is 24.3. The van der Waals surface area contributed by atoms with Crippen molar-refractivity contribution < 1.29 is 13.2 Å². The van der Waals surface area contributed by atoms with Gasteiger partial charge in [0, 0.05) is 52.7 Å². The zero-order chi connectivity index (χ0) is 19.2. The van der Waals surface area contributed by atoms with Crippen molar-refractivity contribution in [1.29, 1.82) is 0 Å². The topological polar surface area (TPSA) is 74.2 Å². The molecule has 0 bridgehead atoms. The quantitative estimate of drug-likeness (QED) is 0.514. The van der Waals surface area contributed by atoms with Gasteiger partial charge in [0.15, 0.2) is 15.8 Å². The van der Waals surface area contributed by atoms with Crippen LogP contribution in [0.2, 0.25) is 0 Å². The van der Waals surface area contributed by atoms with Crippen molar-refractivity contribution in [3.63, 3.8) is 0 Å². The van der Waals surface area contributed by atoms with Crippen LogP contribution >= 0.6 is 0 Å². The first-order chi connectivity index (χ1) is 12.3. The maximum absolute atomic E-state index is 12.4. The molecule has 0 saturated carbocycles. The minimum Gasteiger partial charge on any atom is -0.381 e. The Labute approximate surface area is 159 Å². The molecule has 0 radical (unpaired) electrons. The van der Waals surface area contributed by atoms with E-state index in [1.807, 2.05) is 0 Å². The van der Waals surface area contributed by atoms with Crippen LogP contribution in [-0.4, -0.2) is 94.7 Å². The van der Waals surface area contributed by atoms with Crippen molar-refractivity contribution in [1.82, 2.24) is 15.1 Å². The van der Waals surface area contributed by atoms with E-state index in [-0.39, 0.29) is 0 Å². The van der Waals surface area contributed by atoms with Crippen molar-refractivity contribution in [2.75, 3.05) is 65.8 Å². The summed E-state index contributed by atoms with van der Waals surface area (Å²) in [5, 5.41) is 3.36. The molecular weight excluding hydrogens is 352 g/mol. The van der Waals surface area contributed by atoms with Crippen molar-refractivity contribution in [2.45, 2.75) is 37.9 Å². The van der Waals surface area contributed by atoms with Crippen LogP contribution in [-0.2, 0) is 14.6 Å². The average molecular weight is 389 g/mol. The van der Waals surface area contributed by atoms with Crippen LogP contribution in [0.5, 0.6) is 0 Å². The van der Waals surface area contributed by atoms with Gasteiger partial charge in [-0.1, -0.05) is 13.8 Å². The highest BCUT2D eigenvalue weighted by Gasteiger charge is 2.42. The van der Waals surface area contributed by atoms with E-state index in [4.69, 9.17) is 4.74 Å². The predicted octanol–water partition coefficient (Wildman–Crippen LogP) is 0.819. The molecule has 2 aliphatic rings. The molecule has 2 heterocycles. The summed E-state index contributed by atoms with van der Waals surface area (Å²) < 4.78 is 29.5. The summed E-state index contributed by atoms with van der Waals surface area (Å²) in [4.78, 5) is 9.14. The van der Waals surface area contributed by atoms with E-state index in [9.17, 15) is 8.42 Å². The Morgan fingerprint density at radius 1 is 1.31 bits per heavy atom. The Bertz CT molecular complexity index is 569. The summed E-state index contributed by atoms with van der Waals surface area (Å²) in [6, 6.07) is 0. The van der Waals surface area contributed by atoms with Crippen molar-refractivity contribution in [3.05, 3.63) is 0 Å². The minimum atomic E-state index is -3.17. The van der Waals surface area contributed by atoms with E-state index in [2.05, 4.69) is 34.0 Å². The monoisotopic (exact) mass is 388 g/mol. The van der Waals surface area contributed by atoms with Gasteiger partial charge in [-0.15, -0.1) is 0 Å². The van der Waals surface area contributed by atoms with E-state index < -0.39 is 14.6 Å². The smallest absolute Gasteiger partial charge is 0.193 e. The molecule has 2 rings (SSSR count). The molecule has 0 aromatic heterocycles. The predicted molar refractivity (Wildman–Crippen MR) is 106 cm³/mol. The number of likely N-dealkylation sites (tertiary alicyclic amines) is 1. The Hall–Kier alpha value is -0.860. The zero-order valence-corrected chi connectivity index (χ0v) is 17.6. The lowest BCUT2D eigenvalue weighted by molar-refractivity contribution is 0.0754. The molecule has 1 N–H and O–H groups in total. The molecule has 0 aromatic carbocycles. The second kappa shape index (κ2) is 9.37. The van der Waals surface area contributed by atoms with Crippen LogP contribution in [0.25, 0.3) is 0 Å². The van der Waals surface area contributed by atoms with Gasteiger partial charge in [-0.3, -0.25) is 4.99 Å². The Balaban J connectivity index is 1.95. The van der Waals surface area contributed by atoms with E-state index in [0.29, 0.717) is 38.5 Å². The number of sulfone groups is 1. The third-order valence-electron chi connectivity index (χ3n) is 5.97. The highest BCUT2D eigenvalue weighted by molar-refractivity contribution is 7.92. The van der Waals surface area contributed by atoms with Gasteiger partial charge in [-0.25, -0.2) is 8.42 Å². The third kappa shape index (κ3) is 5.10. The highest BCUT2D eigenvalue weighted by Crippen LogP contribution is 2.29. The zero-order valence-electron chi connectivity index (χ0n) is 16.8. The average Bonchev–Trinajstić information content (AvgIpc) is 3.08.